The van der Waals surface area contributed by atoms with Crippen LogP contribution in [0.5, 0.6) is 0 Å². The average Bonchev–Trinajstić information content (AvgIpc) is 1.83. The topological polar surface area (TPSA) is 15.3 Å². The maximum atomic E-state index is 3.53. The third-order valence-electron chi connectivity index (χ3n) is 1.31. The first-order valence-electron chi connectivity index (χ1n) is 3.58. The highest BCUT2D eigenvalue weighted by Crippen LogP contribution is 1.74. The van der Waals surface area contributed by atoms with Crippen LogP contribution in [0.1, 0.15) is 13.8 Å². The molecular formula is C4H15Al3N2. The molecule has 2 nitrogen and oxygen atoms in total. The molecule has 0 rings (SSSR count). The molecule has 0 unspecified atom stereocenters. The molecule has 0 aromatic carbocycles. The third-order valence-corrected chi connectivity index (χ3v) is 8.79. The summed E-state index contributed by atoms with van der Waals surface area (Å²) in [5.74, 6) is 2.36. The van der Waals surface area contributed by atoms with Gasteiger partial charge in [0.25, 0.3) is 32.0 Å². The Hall–Kier alpha value is 1.52. The molecule has 0 aromatic rings. The summed E-state index contributed by atoms with van der Waals surface area (Å²) in [5.41, 5.74) is 0. The molecule has 0 spiro atoms. The van der Waals surface area contributed by atoms with Gasteiger partial charge < -0.3 is 6.15 Å². The maximum Gasteiger partial charge on any atom is 0.415 e. The minimum absolute atomic E-state index is 0.00502. The summed E-state index contributed by atoms with van der Waals surface area (Å²) in [6.45, 7) is 4.44. The van der Waals surface area contributed by atoms with Crippen LogP contribution >= 0.6 is 0 Å². The predicted molar refractivity (Wildman–Crippen MR) is 48.8 cm³/mol. The number of nitrogens with one attached hydrogen (secondary N) is 1. The summed E-state index contributed by atoms with van der Waals surface area (Å²) in [6.07, 6.45) is 0. The van der Waals surface area contributed by atoms with E-state index in [0.717, 1.165) is 0 Å². The minimum atomic E-state index is -0.00502. The Morgan fingerprint density at radius 2 is 2.11 bits per heavy atom. The summed E-state index contributed by atoms with van der Waals surface area (Å²) in [4.78, 5) is 0. The normalized spacial score (nSPS) is 10.3. The van der Waals surface area contributed by atoms with Crippen LogP contribution in [0.25, 0.3) is 0 Å². The Bertz CT molecular complexity index is 68.8. The largest absolute Gasteiger partial charge is 0.556 e. The van der Waals surface area contributed by atoms with Crippen LogP contribution in [-0.4, -0.2) is 55.5 Å². The van der Waals surface area contributed by atoms with Gasteiger partial charge in [-0.1, -0.05) is 19.6 Å². The van der Waals surface area contributed by atoms with E-state index in [0.29, 0.717) is 6.04 Å². The van der Waals surface area contributed by atoms with Gasteiger partial charge in [0.05, 0.1) is 0 Å². The zero-order valence-corrected chi connectivity index (χ0v) is 11.8. The van der Waals surface area contributed by atoms with Crippen molar-refractivity contribution in [2.45, 2.75) is 25.7 Å². The Morgan fingerprint density at radius 1 is 1.56 bits per heavy atom. The molecule has 0 atom stereocenters. The molecule has 0 radical (unpaired) electrons. The van der Waals surface area contributed by atoms with Crippen LogP contribution in [0.3, 0.4) is 0 Å². The average molecular weight is 172 g/mol. The molecule has 0 heterocycles. The van der Waals surface area contributed by atoms with Gasteiger partial charge in [-0.25, -0.2) is 0 Å². The van der Waals surface area contributed by atoms with Gasteiger partial charge in [-0.2, -0.15) is 0 Å². The molecule has 50 valence electrons. The van der Waals surface area contributed by atoms with Crippen LogP contribution in [0, 0.1) is 0 Å². The van der Waals surface area contributed by atoms with E-state index in [-0.39, 0.29) is 31.1 Å². The van der Waals surface area contributed by atoms with Crippen molar-refractivity contribution in [1.82, 2.24) is 6.15 Å². The lowest BCUT2D eigenvalue weighted by Crippen LogP contribution is -2.40. The number of hydrogen-bond acceptors (Lipinski definition) is 2. The molecule has 0 amide bonds. The van der Waals surface area contributed by atoms with E-state index in [4.69, 9.17) is 0 Å². The lowest BCUT2D eigenvalue weighted by Gasteiger charge is -2.15. The van der Waals surface area contributed by atoms with Crippen molar-refractivity contribution in [2.75, 3.05) is 0 Å². The molecule has 9 heavy (non-hydrogen) atoms. The summed E-state index contributed by atoms with van der Waals surface area (Å²) >= 11 is 1.47. The van der Waals surface area contributed by atoms with E-state index in [2.05, 4.69) is 25.8 Å². The van der Waals surface area contributed by atoms with Gasteiger partial charge in [0.2, 0.25) is 0 Å². The quantitative estimate of drug-likeness (QED) is 0.519. The van der Waals surface area contributed by atoms with Crippen molar-refractivity contribution in [2.24, 2.45) is 0 Å². The van der Waals surface area contributed by atoms with E-state index in [9.17, 15) is 0 Å². The van der Waals surface area contributed by atoms with Crippen molar-refractivity contribution in [3.05, 3.63) is 0 Å². The van der Waals surface area contributed by atoms with Crippen molar-refractivity contribution in [3.63, 3.8) is 0 Å². The van der Waals surface area contributed by atoms with Crippen LogP contribution in [0.4, 0.5) is 0 Å². The Morgan fingerprint density at radius 3 is 2.44 bits per heavy atom. The molecule has 0 aliphatic carbocycles. The zero-order valence-electron chi connectivity index (χ0n) is 6.94. The number of rotatable bonds is 4. The van der Waals surface area contributed by atoms with Crippen LogP contribution in [0.2, 0.25) is 5.79 Å². The van der Waals surface area contributed by atoms with E-state index in [1.165, 1.54) is 16.5 Å². The molecule has 0 saturated heterocycles. The summed E-state index contributed by atoms with van der Waals surface area (Å²) in [7, 11) is 0. The summed E-state index contributed by atoms with van der Waals surface area (Å²) in [6, 6.07) is 0.702. The van der Waals surface area contributed by atoms with Crippen LogP contribution in [-0.2, 0) is 0 Å². The summed E-state index contributed by atoms with van der Waals surface area (Å²) in [5, 5.41) is 0. The van der Waals surface area contributed by atoms with Gasteiger partial charge in [-0.3, -0.25) is 0 Å². The highest BCUT2D eigenvalue weighted by Gasteiger charge is 2.00. The first kappa shape index (κ1) is 10.5. The molecule has 0 aliphatic rings. The fourth-order valence-corrected chi connectivity index (χ4v) is 2.96. The number of hydrogen-bond donors (Lipinski definition) is 1. The lowest BCUT2D eigenvalue weighted by molar-refractivity contribution is 0.736. The highest BCUT2D eigenvalue weighted by molar-refractivity contribution is 6.58. The van der Waals surface area contributed by atoms with Gasteiger partial charge in [0.15, 0.2) is 0 Å². The monoisotopic (exact) mass is 172 g/mol. The van der Waals surface area contributed by atoms with E-state index in [1.54, 1.807) is 0 Å². The SMILES string of the molecule is [CH3][AlH][N]([AlH2])[AlH][NH]C(C)C. The van der Waals surface area contributed by atoms with E-state index in [1.807, 2.05) is 0 Å². The Balaban J connectivity index is 3.06. The second-order valence-corrected chi connectivity index (χ2v) is 10.9. The standard InChI is InChI=1S/C3H8N.CH3.3Al.N.4H/c1-3(2)4;;;;;;;;;/h3-4H,1-2H3;1H3;;;;;;;;/q-1;;;;+1;;;;;. The summed E-state index contributed by atoms with van der Waals surface area (Å²) < 4.78 is 6.18. The molecule has 0 saturated carbocycles. The Labute approximate surface area is 79.1 Å². The Kier molecular flexibility index (Phi) is 7.29. The van der Waals surface area contributed by atoms with Gasteiger partial charge in [-0.05, 0) is 6.04 Å². The van der Waals surface area contributed by atoms with Crippen molar-refractivity contribution >= 4 is 47.6 Å². The van der Waals surface area contributed by atoms with Crippen molar-refractivity contribution < 1.29 is 0 Å². The second-order valence-electron chi connectivity index (χ2n) is 2.69. The molecule has 5 heteroatoms. The first-order valence-corrected chi connectivity index (χ1v) is 7.86. The molecule has 0 bridgehead atoms. The fourth-order valence-electron chi connectivity index (χ4n) is 0.450. The zero-order chi connectivity index (χ0) is 7.28. The van der Waals surface area contributed by atoms with Crippen LogP contribution < -0.4 is 4.30 Å². The van der Waals surface area contributed by atoms with Crippen molar-refractivity contribution in [1.29, 1.82) is 0 Å². The smallest absolute Gasteiger partial charge is 0.415 e. The lowest BCUT2D eigenvalue weighted by atomic mass is 10.4. The fraction of sp³-hybridized carbons (Fsp3) is 1.00. The molecule has 0 aliphatic heterocycles. The van der Waals surface area contributed by atoms with Gasteiger partial charge in [-0.15, -0.1) is 0 Å². The molecule has 0 fully saturated rings. The number of nitrogens with zero attached hydrogens (tertiary/aromatic N) is 1. The second kappa shape index (κ2) is 6.24. The minimum Gasteiger partial charge on any atom is -0.556 e. The first-order chi connectivity index (χ1) is 4.16. The van der Waals surface area contributed by atoms with E-state index < -0.39 is 0 Å². The molecule has 0 aromatic heterocycles. The third kappa shape index (κ3) is 7.41. The maximum absolute atomic E-state index is 3.53. The van der Waals surface area contributed by atoms with E-state index >= 15 is 0 Å². The highest BCUT2D eigenvalue weighted by atomic mass is 27.3. The van der Waals surface area contributed by atoms with Gasteiger partial charge in [0.1, 0.15) is 0 Å². The van der Waals surface area contributed by atoms with Crippen molar-refractivity contribution in [3.8, 4) is 0 Å². The molecular weight excluding hydrogens is 157 g/mol. The molecule has 1 N–H and O–H groups in total. The van der Waals surface area contributed by atoms with Gasteiger partial charge in [0, 0.05) is 0 Å². The van der Waals surface area contributed by atoms with Crippen LogP contribution in [0.15, 0.2) is 0 Å². The van der Waals surface area contributed by atoms with Gasteiger partial charge >= 0.3 is 15.7 Å². The predicted octanol–water partition coefficient (Wildman–Crippen LogP) is -1.50.